The highest BCUT2D eigenvalue weighted by atomic mass is 19.1. The van der Waals surface area contributed by atoms with Crippen molar-refractivity contribution in [3.05, 3.63) is 99.4 Å². The molecule has 14 heteroatoms. The van der Waals surface area contributed by atoms with Gasteiger partial charge < -0.3 is 53.4 Å². The van der Waals surface area contributed by atoms with Crippen LogP contribution in [0.5, 0.6) is 40.2 Å². The van der Waals surface area contributed by atoms with Crippen LogP contribution in [0.15, 0.2) is 54.6 Å². The van der Waals surface area contributed by atoms with Gasteiger partial charge in [-0.15, -0.1) is 0 Å². The number of amides is 1. The van der Waals surface area contributed by atoms with E-state index in [0.29, 0.717) is 67.7 Å². The van der Waals surface area contributed by atoms with Gasteiger partial charge in [-0.05, 0) is 82.4 Å². The van der Waals surface area contributed by atoms with E-state index >= 15 is 0 Å². The van der Waals surface area contributed by atoms with Crippen molar-refractivity contribution < 1.29 is 62.1 Å². The predicted molar refractivity (Wildman–Crippen MR) is 195 cm³/mol. The molecule has 288 valence electrons. The van der Waals surface area contributed by atoms with Crippen molar-refractivity contribution in [2.75, 3.05) is 48.9 Å². The number of benzene rings is 4. The summed E-state index contributed by atoms with van der Waals surface area (Å²) < 4.78 is 59.3. The standard InChI is InChI=1S/C41H40FNO12/c1-48-30-9-20(6-7-29(30)42)8-25(21-10-23(16-44)38(51-4)33(12-21)49-2)40(46)43-37-27-15-32-31(54-19-55-32)14-26(27)35(36-28(37)18-53-41(36)47)22-11-24(17-45)39(52-5)34(13-22)50-3/h6-15,28,35-37,44-45H,16-19H2,1-5H3,(H,43,46)/b25-8+/t28-,35+,36-,37+/m0/s1. The molecule has 1 aliphatic carbocycles. The van der Waals surface area contributed by atoms with Crippen LogP contribution in [0.1, 0.15) is 50.9 Å². The Labute approximate surface area is 316 Å². The van der Waals surface area contributed by atoms with E-state index in [9.17, 15) is 24.2 Å². The topological polar surface area (TPSA) is 160 Å². The minimum Gasteiger partial charge on any atom is -0.494 e. The van der Waals surface area contributed by atoms with E-state index in [1.54, 1.807) is 36.4 Å². The van der Waals surface area contributed by atoms with Crippen molar-refractivity contribution in [1.29, 1.82) is 0 Å². The Morgan fingerprint density at radius 1 is 0.800 bits per heavy atom. The first-order chi connectivity index (χ1) is 26.7. The molecule has 3 N–H and O–H groups in total. The quantitative estimate of drug-likeness (QED) is 0.102. The first-order valence-electron chi connectivity index (χ1n) is 17.4. The van der Waals surface area contributed by atoms with E-state index in [-0.39, 0.29) is 37.1 Å². The molecule has 13 nitrogen and oxygen atoms in total. The summed E-state index contributed by atoms with van der Waals surface area (Å²) in [6.07, 6.45) is 1.57. The lowest BCUT2D eigenvalue weighted by atomic mass is 9.65. The van der Waals surface area contributed by atoms with Crippen LogP contribution in [0.2, 0.25) is 0 Å². The van der Waals surface area contributed by atoms with Gasteiger partial charge in [0.25, 0.3) is 5.91 Å². The molecule has 1 fully saturated rings. The molecule has 0 unspecified atom stereocenters. The lowest BCUT2D eigenvalue weighted by Crippen LogP contribution is -2.43. The zero-order valence-corrected chi connectivity index (χ0v) is 30.8. The highest BCUT2D eigenvalue weighted by Gasteiger charge is 2.53. The maximum absolute atomic E-state index is 14.8. The van der Waals surface area contributed by atoms with Crippen molar-refractivity contribution in [1.82, 2.24) is 5.32 Å². The van der Waals surface area contributed by atoms with Gasteiger partial charge in [0.15, 0.2) is 46.1 Å². The second kappa shape index (κ2) is 15.4. The number of nitrogens with one attached hydrogen (secondary N) is 1. The summed E-state index contributed by atoms with van der Waals surface area (Å²) in [7, 11) is 7.19. The number of rotatable bonds is 12. The number of esters is 1. The number of hydrogen-bond donors (Lipinski definition) is 3. The second-order valence-electron chi connectivity index (χ2n) is 13.1. The molecular formula is C41H40FNO12. The van der Waals surface area contributed by atoms with Crippen LogP contribution in [0.25, 0.3) is 11.6 Å². The zero-order chi connectivity index (χ0) is 39.0. The number of aliphatic hydroxyl groups excluding tert-OH is 2. The van der Waals surface area contributed by atoms with Gasteiger partial charge in [-0.25, -0.2) is 4.39 Å². The van der Waals surface area contributed by atoms with E-state index in [2.05, 4.69) is 5.32 Å². The Morgan fingerprint density at radius 3 is 2.07 bits per heavy atom. The Morgan fingerprint density at radius 2 is 1.44 bits per heavy atom. The second-order valence-corrected chi connectivity index (χ2v) is 13.1. The lowest BCUT2D eigenvalue weighted by Gasteiger charge is -2.39. The first kappa shape index (κ1) is 37.3. The number of hydrogen-bond acceptors (Lipinski definition) is 12. The third kappa shape index (κ3) is 6.61. The number of fused-ring (bicyclic) bond motifs is 3. The third-order valence-electron chi connectivity index (χ3n) is 10.3. The molecule has 4 aromatic carbocycles. The molecule has 2 aliphatic heterocycles. The summed E-state index contributed by atoms with van der Waals surface area (Å²) in [5.74, 6) is -1.34. The number of methoxy groups -OCH3 is 5. The summed E-state index contributed by atoms with van der Waals surface area (Å²) in [4.78, 5) is 28.6. The van der Waals surface area contributed by atoms with Gasteiger partial charge in [0.2, 0.25) is 6.79 Å². The average Bonchev–Trinajstić information content (AvgIpc) is 3.84. The maximum Gasteiger partial charge on any atom is 0.310 e. The summed E-state index contributed by atoms with van der Waals surface area (Å²) in [5.41, 5.74) is 3.75. The van der Waals surface area contributed by atoms with E-state index in [4.69, 9.17) is 37.9 Å². The molecular weight excluding hydrogens is 717 g/mol. The molecule has 3 aliphatic rings. The van der Waals surface area contributed by atoms with E-state index in [1.807, 2.05) is 6.07 Å². The normalized spacial score (nSPS) is 19.6. The molecule has 0 aromatic heterocycles. The first-order valence-corrected chi connectivity index (χ1v) is 17.4. The van der Waals surface area contributed by atoms with Gasteiger partial charge in [-0.1, -0.05) is 6.07 Å². The third-order valence-corrected chi connectivity index (χ3v) is 10.3. The Bertz CT molecular complexity index is 2130. The van der Waals surface area contributed by atoms with Crippen LogP contribution in [-0.4, -0.2) is 71.0 Å². The Kier molecular flexibility index (Phi) is 10.5. The van der Waals surface area contributed by atoms with Crippen LogP contribution in [0.4, 0.5) is 4.39 Å². The molecule has 0 saturated carbocycles. The Balaban J connectivity index is 1.39. The maximum atomic E-state index is 14.8. The van der Waals surface area contributed by atoms with Crippen LogP contribution in [-0.2, 0) is 27.5 Å². The highest BCUT2D eigenvalue weighted by molar-refractivity contribution is 6.24. The predicted octanol–water partition coefficient (Wildman–Crippen LogP) is 4.91. The van der Waals surface area contributed by atoms with E-state index in [1.165, 1.54) is 53.7 Å². The van der Waals surface area contributed by atoms with Crippen LogP contribution < -0.4 is 38.5 Å². The van der Waals surface area contributed by atoms with Crippen molar-refractivity contribution in [2.24, 2.45) is 11.8 Å². The van der Waals surface area contributed by atoms with Crippen molar-refractivity contribution in [3.63, 3.8) is 0 Å². The average molecular weight is 758 g/mol. The van der Waals surface area contributed by atoms with E-state index < -0.39 is 48.1 Å². The Hall–Kier alpha value is -5.99. The van der Waals surface area contributed by atoms with Crippen LogP contribution in [0.3, 0.4) is 0 Å². The number of cyclic esters (lactones) is 1. The fraction of sp³-hybridized carbons (Fsp3) is 0.317. The molecule has 4 aromatic rings. The molecule has 0 spiro atoms. The monoisotopic (exact) mass is 757 g/mol. The number of carbonyl (C=O) groups excluding carboxylic acids is 2. The van der Waals surface area contributed by atoms with Gasteiger partial charge in [0.05, 0.1) is 67.3 Å². The fourth-order valence-corrected chi connectivity index (χ4v) is 7.86. The van der Waals surface area contributed by atoms with E-state index in [0.717, 1.165) is 0 Å². The van der Waals surface area contributed by atoms with Gasteiger partial charge in [-0.3, -0.25) is 9.59 Å². The summed E-state index contributed by atoms with van der Waals surface area (Å²) >= 11 is 0. The SMILES string of the molecule is COc1cc(/C=C(/C(=O)N[C@@H]2c3cc4c(cc3[C@@H](c3cc(CO)c(OC)c(OC)c3)[C@H]3C(=O)OC[C@@H]32)OCO4)c2cc(CO)c(OC)c(OC)c2)ccc1F. The highest BCUT2D eigenvalue weighted by Crippen LogP contribution is 2.55. The zero-order valence-electron chi connectivity index (χ0n) is 30.8. The summed E-state index contributed by atoms with van der Waals surface area (Å²) in [6, 6.07) is 13.8. The summed E-state index contributed by atoms with van der Waals surface area (Å²) in [5, 5.41) is 23.8. The molecule has 55 heavy (non-hydrogen) atoms. The van der Waals surface area contributed by atoms with Gasteiger partial charge in [0, 0.05) is 28.5 Å². The minimum absolute atomic E-state index is 0.00178. The number of ether oxygens (including phenoxy) is 8. The molecule has 7 rings (SSSR count). The number of carbonyl (C=O) groups is 2. The smallest absolute Gasteiger partial charge is 0.310 e. The van der Waals surface area contributed by atoms with Crippen molar-refractivity contribution in [2.45, 2.75) is 25.2 Å². The fourth-order valence-electron chi connectivity index (χ4n) is 7.86. The van der Waals surface area contributed by atoms with Gasteiger partial charge in [0.1, 0.15) is 0 Å². The number of halogens is 1. The molecule has 1 saturated heterocycles. The van der Waals surface area contributed by atoms with Gasteiger partial charge >= 0.3 is 5.97 Å². The van der Waals surface area contributed by atoms with Crippen molar-refractivity contribution >= 4 is 23.5 Å². The molecule has 0 radical (unpaired) electrons. The molecule has 1 amide bonds. The minimum atomic E-state index is -0.786. The lowest BCUT2D eigenvalue weighted by molar-refractivity contribution is -0.141. The number of aliphatic hydroxyl groups is 2. The molecule has 2 heterocycles. The summed E-state index contributed by atoms with van der Waals surface area (Å²) in [6.45, 7) is -0.790. The van der Waals surface area contributed by atoms with Crippen LogP contribution in [0, 0.1) is 17.7 Å². The molecule has 4 atom stereocenters. The van der Waals surface area contributed by atoms with Crippen LogP contribution >= 0.6 is 0 Å². The van der Waals surface area contributed by atoms with Gasteiger partial charge in [-0.2, -0.15) is 0 Å². The largest absolute Gasteiger partial charge is 0.494 e. The molecule has 0 bridgehead atoms. The van der Waals surface area contributed by atoms with Crippen molar-refractivity contribution in [3.8, 4) is 40.2 Å².